The fourth-order valence-corrected chi connectivity index (χ4v) is 1.24. The minimum absolute atomic E-state index is 0.0572. The molecule has 0 unspecified atom stereocenters. The molecule has 0 bridgehead atoms. The van der Waals surface area contributed by atoms with Gasteiger partial charge >= 0.3 is 6.09 Å². The molecule has 0 saturated carbocycles. The summed E-state index contributed by atoms with van der Waals surface area (Å²) >= 11 is 0. The van der Waals surface area contributed by atoms with Gasteiger partial charge in [0.1, 0.15) is 5.52 Å². The number of aromatic nitrogens is 2. The maximum Gasteiger partial charge on any atom is 0.435 e. The van der Waals surface area contributed by atoms with Gasteiger partial charge in [-0.15, -0.1) is 0 Å². The van der Waals surface area contributed by atoms with Gasteiger partial charge in [0.05, 0.1) is 19.1 Å². The van der Waals surface area contributed by atoms with Crippen molar-refractivity contribution < 1.29 is 13.9 Å². The lowest BCUT2D eigenvalue weighted by atomic mass is 9.99. The van der Waals surface area contributed by atoms with E-state index in [1.54, 1.807) is 6.07 Å². The molecule has 0 fully saturated rings. The fraction of sp³-hybridized carbons (Fsp3) is 0.455. The number of furan rings is 1. The monoisotopic (exact) mass is 222 g/mol. The smallest absolute Gasteiger partial charge is 0.435 e. The molecular weight excluding hydrogens is 208 g/mol. The van der Waals surface area contributed by atoms with E-state index in [9.17, 15) is 4.79 Å². The van der Waals surface area contributed by atoms with E-state index in [1.807, 2.05) is 20.8 Å². The normalized spacial score (nSPS) is 11.9. The molecule has 0 spiro atoms. The maximum absolute atomic E-state index is 11.7. The van der Waals surface area contributed by atoms with Crippen LogP contribution in [-0.4, -0.2) is 22.5 Å². The van der Waals surface area contributed by atoms with Crippen molar-refractivity contribution in [2.24, 2.45) is 5.41 Å². The zero-order chi connectivity index (χ0) is 11.8. The lowest BCUT2D eigenvalue weighted by Crippen LogP contribution is -2.22. The van der Waals surface area contributed by atoms with Gasteiger partial charge in [-0.1, -0.05) is 20.8 Å². The number of carbonyl (C=O) groups is 1. The van der Waals surface area contributed by atoms with E-state index in [-0.39, 0.29) is 5.41 Å². The quantitative estimate of drug-likeness (QED) is 0.744. The van der Waals surface area contributed by atoms with Crippen molar-refractivity contribution in [2.75, 3.05) is 6.61 Å². The van der Waals surface area contributed by atoms with E-state index < -0.39 is 6.09 Å². The number of ether oxygens (including phenoxy) is 1. The van der Waals surface area contributed by atoms with Crippen LogP contribution in [0.25, 0.3) is 11.1 Å². The Morgan fingerprint density at radius 3 is 3.00 bits per heavy atom. The molecule has 2 heterocycles. The van der Waals surface area contributed by atoms with Crippen molar-refractivity contribution in [1.82, 2.24) is 9.78 Å². The van der Waals surface area contributed by atoms with Gasteiger partial charge < -0.3 is 9.15 Å². The molecule has 0 aliphatic carbocycles. The van der Waals surface area contributed by atoms with Crippen molar-refractivity contribution in [2.45, 2.75) is 20.8 Å². The summed E-state index contributed by atoms with van der Waals surface area (Å²) in [5.74, 6) is 0. The van der Waals surface area contributed by atoms with E-state index in [4.69, 9.17) is 9.15 Å². The Morgan fingerprint density at radius 1 is 1.56 bits per heavy atom. The summed E-state index contributed by atoms with van der Waals surface area (Å²) in [6.07, 6.45) is 2.53. The minimum Gasteiger partial charge on any atom is -0.461 e. The average Bonchev–Trinajstić information content (AvgIpc) is 2.73. The lowest BCUT2D eigenvalue weighted by Gasteiger charge is -2.17. The van der Waals surface area contributed by atoms with Gasteiger partial charge in [-0.25, -0.2) is 4.79 Å². The van der Waals surface area contributed by atoms with E-state index in [0.717, 1.165) is 0 Å². The van der Waals surface area contributed by atoms with Gasteiger partial charge in [0, 0.05) is 6.07 Å². The number of carbonyl (C=O) groups excluding carboxylic acids is 1. The molecule has 5 heteroatoms. The molecule has 5 nitrogen and oxygen atoms in total. The van der Waals surface area contributed by atoms with Crippen molar-refractivity contribution in [3.8, 4) is 0 Å². The first kappa shape index (κ1) is 10.7. The van der Waals surface area contributed by atoms with Gasteiger partial charge in [0.2, 0.25) is 0 Å². The molecule has 2 rings (SSSR count). The number of hydrogen-bond acceptors (Lipinski definition) is 4. The van der Waals surface area contributed by atoms with Gasteiger partial charge in [-0.2, -0.15) is 9.78 Å². The predicted octanol–water partition coefficient (Wildman–Crippen LogP) is 2.66. The van der Waals surface area contributed by atoms with Gasteiger partial charge in [-0.3, -0.25) is 0 Å². The molecule has 2 aromatic heterocycles. The largest absolute Gasteiger partial charge is 0.461 e. The number of rotatable bonds is 1. The Kier molecular flexibility index (Phi) is 2.46. The molecule has 16 heavy (non-hydrogen) atoms. The average molecular weight is 222 g/mol. The van der Waals surface area contributed by atoms with Gasteiger partial charge in [0.15, 0.2) is 5.58 Å². The summed E-state index contributed by atoms with van der Waals surface area (Å²) in [5, 5.41) is 3.90. The highest BCUT2D eigenvalue weighted by Gasteiger charge is 2.17. The Balaban J connectivity index is 2.14. The molecule has 0 saturated heterocycles. The zero-order valence-electron chi connectivity index (χ0n) is 9.56. The first-order valence-corrected chi connectivity index (χ1v) is 5.06. The highest BCUT2D eigenvalue weighted by Crippen LogP contribution is 2.16. The minimum atomic E-state index is -0.480. The van der Waals surface area contributed by atoms with Crippen LogP contribution in [0, 0.1) is 5.41 Å². The molecule has 86 valence electrons. The van der Waals surface area contributed by atoms with Crippen LogP contribution in [0.5, 0.6) is 0 Å². The van der Waals surface area contributed by atoms with E-state index in [0.29, 0.717) is 17.7 Å². The summed E-state index contributed by atoms with van der Waals surface area (Å²) < 4.78 is 11.5. The molecule has 0 aliphatic rings. The summed E-state index contributed by atoms with van der Waals surface area (Å²) in [7, 11) is 0. The maximum atomic E-state index is 11.7. The van der Waals surface area contributed by atoms with Gasteiger partial charge in [-0.05, 0) is 5.41 Å². The number of hydrogen-bond donors (Lipinski definition) is 0. The third-order valence-corrected chi connectivity index (χ3v) is 1.99. The van der Waals surface area contributed by atoms with Crippen molar-refractivity contribution in [3.05, 3.63) is 18.5 Å². The highest BCUT2D eigenvalue weighted by atomic mass is 16.6. The topological polar surface area (TPSA) is 57.3 Å². The lowest BCUT2D eigenvalue weighted by molar-refractivity contribution is 0.106. The second-order valence-corrected chi connectivity index (χ2v) is 4.84. The van der Waals surface area contributed by atoms with Crippen LogP contribution in [-0.2, 0) is 4.74 Å². The number of fused-ring (bicyclic) bond motifs is 1. The van der Waals surface area contributed by atoms with E-state index in [2.05, 4.69) is 5.10 Å². The van der Waals surface area contributed by atoms with Crippen molar-refractivity contribution in [3.63, 3.8) is 0 Å². The van der Waals surface area contributed by atoms with E-state index >= 15 is 0 Å². The third-order valence-electron chi connectivity index (χ3n) is 1.99. The van der Waals surface area contributed by atoms with E-state index in [1.165, 1.54) is 17.1 Å². The fourth-order valence-electron chi connectivity index (χ4n) is 1.24. The standard InChI is InChI=1S/C11H14N2O3/c1-11(2,3)7-16-10(14)13-8-4-5-15-9(8)6-12-13/h4-6H,7H2,1-3H3. The van der Waals surface area contributed by atoms with Gasteiger partial charge in [0.25, 0.3) is 0 Å². The van der Waals surface area contributed by atoms with Crippen molar-refractivity contribution in [1.29, 1.82) is 0 Å². The molecule has 0 N–H and O–H groups in total. The van der Waals surface area contributed by atoms with Crippen LogP contribution in [0.15, 0.2) is 22.9 Å². The molecular formula is C11H14N2O3. The summed E-state index contributed by atoms with van der Waals surface area (Å²) in [4.78, 5) is 11.7. The first-order valence-electron chi connectivity index (χ1n) is 5.06. The van der Waals surface area contributed by atoms with Crippen LogP contribution < -0.4 is 0 Å². The predicted molar refractivity (Wildman–Crippen MR) is 58.2 cm³/mol. The van der Waals surface area contributed by atoms with Crippen LogP contribution >= 0.6 is 0 Å². The molecule has 0 atom stereocenters. The first-order chi connectivity index (χ1) is 7.47. The zero-order valence-corrected chi connectivity index (χ0v) is 9.56. The molecule has 0 aliphatic heterocycles. The van der Waals surface area contributed by atoms with Crippen LogP contribution in [0.1, 0.15) is 20.8 Å². The Hall–Kier alpha value is -1.78. The molecule has 0 aromatic carbocycles. The SMILES string of the molecule is CC(C)(C)COC(=O)n1ncc2occc21. The highest BCUT2D eigenvalue weighted by molar-refractivity contribution is 5.84. The van der Waals surface area contributed by atoms with Crippen LogP contribution in [0.2, 0.25) is 0 Å². The summed E-state index contributed by atoms with van der Waals surface area (Å²) in [6.45, 7) is 6.34. The summed E-state index contributed by atoms with van der Waals surface area (Å²) in [6, 6.07) is 1.68. The molecule has 0 amide bonds. The Morgan fingerprint density at radius 2 is 2.31 bits per heavy atom. The van der Waals surface area contributed by atoms with Crippen LogP contribution in [0.3, 0.4) is 0 Å². The van der Waals surface area contributed by atoms with Crippen LogP contribution in [0.4, 0.5) is 4.79 Å². The number of nitrogens with zero attached hydrogens (tertiary/aromatic N) is 2. The molecule has 2 aromatic rings. The summed E-state index contributed by atoms with van der Waals surface area (Å²) in [5.41, 5.74) is 1.14. The molecule has 0 radical (unpaired) electrons. The van der Waals surface area contributed by atoms with Crippen molar-refractivity contribution >= 4 is 17.2 Å². The Bertz CT molecular complexity index is 504. The second kappa shape index (κ2) is 3.66. The third kappa shape index (κ3) is 2.08. The Labute approximate surface area is 93.0 Å². The second-order valence-electron chi connectivity index (χ2n) is 4.84.